The van der Waals surface area contributed by atoms with Crippen molar-refractivity contribution in [2.24, 2.45) is 5.14 Å². The van der Waals surface area contributed by atoms with Crippen LogP contribution in [-0.2, 0) is 10.0 Å². The number of thiophene rings is 1. The second-order valence-electron chi connectivity index (χ2n) is 5.46. The summed E-state index contributed by atoms with van der Waals surface area (Å²) in [6, 6.07) is 12.7. The summed E-state index contributed by atoms with van der Waals surface area (Å²) in [4.78, 5) is 17.7. The van der Waals surface area contributed by atoms with Gasteiger partial charge in [-0.05, 0) is 54.8 Å². The number of pyridine rings is 1. The SMILES string of the molecule is Cc1nc(-c2cccs2)ccc1NC(=O)Nc1ccc(S(N)(=O)=O)cc1. The van der Waals surface area contributed by atoms with Crippen LogP contribution >= 0.6 is 11.3 Å². The van der Waals surface area contributed by atoms with Gasteiger partial charge < -0.3 is 10.6 Å². The van der Waals surface area contributed by atoms with Gasteiger partial charge in [-0.25, -0.2) is 18.4 Å². The molecule has 0 aliphatic carbocycles. The number of sulfonamides is 1. The molecule has 2 aromatic heterocycles. The van der Waals surface area contributed by atoms with Crippen molar-refractivity contribution >= 4 is 38.8 Å². The summed E-state index contributed by atoms with van der Waals surface area (Å²) in [5, 5.41) is 12.4. The Morgan fingerprint density at radius 2 is 1.81 bits per heavy atom. The van der Waals surface area contributed by atoms with Gasteiger partial charge >= 0.3 is 6.03 Å². The molecule has 134 valence electrons. The van der Waals surface area contributed by atoms with E-state index in [1.807, 2.05) is 30.5 Å². The maximum Gasteiger partial charge on any atom is 0.323 e. The van der Waals surface area contributed by atoms with Crippen molar-refractivity contribution in [1.29, 1.82) is 0 Å². The second kappa shape index (κ2) is 7.24. The van der Waals surface area contributed by atoms with Crippen LogP contribution in [0.4, 0.5) is 16.2 Å². The number of rotatable bonds is 4. The molecule has 26 heavy (non-hydrogen) atoms. The third-order valence-corrected chi connectivity index (χ3v) is 5.37. The minimum Gasteiger partial charge on any atom is -0.308 e. The molecular weight excluding hydrogens is 372 g/mol. The van der Waals surface area contributed by atoms with Gasteiger partial charge in [0.15, 0.2) is 0 Å². The highest BCUT2D eigenvalue weighted by molar-refractivity contribution is 7.89. The van der Waals surface area contributed by atoms with Gasteiger partial charge in [0.25, 0.3) is 0 Å². The lowest BCUT2D eigenvalue weighted by Crippen LogP contribution is -2.20. The Balaban J connectivity index is 1.68. The van der Waals surface area contributed by atoms with E-state index in [4.69, 9.17) is 5.14 Å². The molecular formula is C17H16N4O3S2. The minimum absolute atomic E-state index is 0.0207. The van der Waals surface area contributed by atoms with Gasteiger partial charge in [0, 0.05) is 5.69 Å². The number of amides is 2. The van der Waals surface area contributed by atoms with Crippen LogP contribution in [0, 0.1) is 6.92 Å². The number of hydrogen-bond donors (Lipinski definition) is 3. The molecule has 0 saturated carbocycles. The lowest BCUT2D eigenvalue weighted by atomic mass is 10.2. The zero-order valence-electron chi connectivity index (χ0n) is 13.8. The summed E-state index contributed by atoms with van der Waals surface area (Å²) in [6.45, 7) is 1.81. The zero-order chi connectivity index (χ0) is 18.7. The van der Waals surface area contributed by atoms with Crippen LogP contribution < -0.4 is 15.8 Å². The van der Waals surface area contributed by atoms with Crippen LogP contribution in [0.1, 0.15) is 5.69 Å². The maximum atomic E-state index is 12.1. The van der Waals surface area contributed by atoms with Crippen molar-refractivity contribution in [3.05, 3.63) is 59.6 Å². The number of hydrogen-bond acceptors (Lipinski definition) is 5. The van der Waals surface area contributed by atoms with E-state index in [-0.39, 0.29) is 4.90 Å². The van der Waals surface area contributed by atoms with Gasteiger partial charge in [0.2, 0.25) is 10.0 Å². The number of nitrogens with zero attached hydrogens (tertiary/aromatic N) is 1. The molecule has 0 bridgehead atoms. The topological polar surface area (TPSA) is 114 Å². The van der Waals surface area contributed by atoms with Crippen molar-refractivity contribution < 1.29 is 13.2 Å². The summed E-state index contributed by atoms with van der Waals surface area (Å²) in [6.07, 6.45) is 0. The summed E-state index contributed by atoms with van der Waals surface area (Å²) in [5.41, 5.74) is 2.57. The number of primary sulfonamides is 1. The summed E-state index contributed by atoms with van der Waals surface area (Å²) in [7, 11) is -3.76. The Bertz CT molecular complexity index is 1030. The van der Waals surface area contributed by atoms with E-state index in [1.165, 1.54) is 24.3 Å². The van der Waals surface area contributed by atoms with E-state index < -0.39 is 16.1 Å². The molecule has 0 spiro atoms. The number of aromatic nitrogens is 1. The number of benzene rings is 1. The maximum absolute atomic E-state index is 12.1. The first-order valence-electron chi connectivity index (χ1n) is 7.55. The largest absolute Gasteiger partial charge is 0.323 e. The number of nitrogens with one attached hydrogen (secondary N) is 2. The molecule has 1 aromatic carbocycles. The van der Waals surface area contributed by atoms with Gasteiger partial charge in [-0.2, -0.15) is 0 Å². The number of carbonyl (C=O) groups excluding carboxylic acids is 1. The highest BCUT2D eigenvalue weighted by Crippen LogP contribution is 2.25. The quantitative estimate of drug-likeness (QED) is 0.635. The Morgan fingerprint density at radius 3 is 2.38 bits per heavy atom. The van der Waals surface area contributed by atoms with E-state index in [2.05, 4.69) is 15.6 Å². The fraction of sp³-hybridized carbons (Fsp3) is 0.0588. The van der Waals surface area contributed by atoms with Crippen molar-refractivity contribution in [3.8, 4) is 10.6 Å². The van der Waals surface area contributed by atoms with Crippen molar-refractivity contribution in [1.82, 2.24) is 4.98 Å². The molecule has 3 aromatic rings. The number of aryl methyl sites for hydroxylation is 1. The molecule has 3 rings (SSSR count). The van der Waals surface area contributed by atoms with Crippen LogP contribution in [0.15, 0.2) is 58.8 Å². The van der Waals surface area contributed by atoms with Gasteiger partial charge in [0.1, 0.15) is 0 Å². The van der Waals surface area contributed by atoms with E-state index in [0.717, 1.165) is 10.6 Å². The molecule has 0 saturated heterocycles. The van der Waals surface area contributed by atoms with Gasteiger partial charge in [-0.3, -0.25) is 4.98 Å². The first-order chi connectivity index (χ1) is 12.3. The molecule has 9 heteroatoms. The highest BCUT2D eigenvalue weighted by Gasteiger charge is 2.10. The number of anilines is 2. The normalized spacial score (nSPS) is 11.2. The number of urea groups is 1. The van der Waals surface area contributed by atoms with Crippen LogP contribution in [0.25, 0.3) is 10.6 Å². The second-order valence-corrected chi connectivity index (χ2v) is 7.96. The van der Waals surface area contributed by atoms with Gasteiger partial charge in [-0.1, -0.05) is 6.07 Å². The molecule has 2 amide bonds. The summed E-state index contributed by atoms with van der Waals surface area (Å²) in [5.74, 6) is 0. The zero-order valence-corrected chi connectivity index (χ0v) is 15.4. The lowest BCUT2D eigenvalue weighted by molar-refractivity contribution is 0.262. The van der Waals surface area contributed by atoms with Crippen LogP contribution in [0.2, 0.25) is 0 Å². The molecule has 0 fully saturated rings. The molecule has 4 N–H and O–H groups in total. The van der Waals surface area contributed by atoms with Crippen LogP contribution in [0.5, 0.6) is 0 Å². The Morgan fingerprint density at radius 1 is 1.08 bits per heavy atom. The van der Waals surface area contributed by atoms with E-state index in [9.17, 15) is 13.2 Å². The van der Waals surface area contributed by atoms with Crippen LogP contribution in [0.3, 0.4) is 0 Å². The van der Waals surface area contributed by atoms with E-state index >= 15 is 0 Å². The van der Waals surface area contributed by atoms with Gasteiger partial charge in [0.05, 0.1) is 26.8 Å². The Kier molecular flexibility index (Phi) is 5.03. The third kappa shape index (κ3) is 4.26. The van der Waals surface area contributed by atoms with Crippen molar-refractivity contribution in [2.75, 3.05) is 10.6 Å². The summed E-state index contributed by atoms with van der Waals surface area (Å²) < 4.78 is 22.5. The molecule has 0 aliphatic rings. The fourth-order valence-corrected chi connectivity index (χ4v) is 3.48. The molecule has 0 aliphatic heterocycles. The third-order valence-electron chi connectivity index (χ3n) is 3.55. The smallest absolute Gasteiger partial charge is 0.308 e. The first-order valence-corrected chi connectivity index (χ1v) is 9.98. The van der Waals surface area contributed by atoms with Crippen molar-refractivity contribution in [3.63, 3.8) is 0 Å². The Hall–Kier alpha value is -2.75. The van der Waals surface area contributed by atoms with Crippen LogP contribution in [-0.4, -0.2) is 19.4 Å². The molecule has 0 atom stereocenters. The van der Waals surface area contributed by atoms with Crippen molar-refractivity contribution in [2.45, 2.75) is 11.8 Å². The molecule has 0 unspecified atom stereocenters. The highest BCUT2D eigenvalue weighted by atomic mass is 32.2. The molecule has 2 heterocycles. The minimum atomic E-state index is -3.76. The number of nitrogens with two attached hydrogens (primary N) is 1. The first kappa shape index (κ1) is 18.1. The van der Waals surface area contributed by atoms with E-state index in [0.29, 0.717) is 17.1 Å². The number of carbonyl (C=O) groups is 1. The predicted octanol–water partition coefficient (Wildman–Crippen LogP) is 3.41. The average molecular weight is 388 g/mol. The average Bonchev–Trinajstić information content (AvgIpc) is 3.11. The summed E-state index contributed by atoms with van der Waals surface area (Å²) >= 11 is 1.60. The lowest BCUT2D eigenvalue weighted by Gasteiger charge is -2.10. The molecule has 0 radical (unpaired) electrons. The van der Waals surface area contributed by atoms with E-state index in [1.54, 1.807) is 17.4 Å². The Labute approximate surface area is 154 Å². The fourth-order valence-electron chi connectivity index (χ4n) is 2.27. The predicted molar refractivity (Wildman–Crippen MR) is 103 cm³/mol. The van der Waals surface area contributed by atoms with Gasteiger partial charge in [-0.15, -0.1) is 11.3 Å². The monoisotopic (exact) mass is 388 g/mol. The standard InChI is InChI=1S/C17H16N4O3S2/c1-11-14(8-9-15(19-11)16-3-2-10-25-16)21-17(22)20-12-4-6-13(7-5-12)26(18,23)24/h2-10H,1H3,(H2,18,23,24)(H2,20,21,22). The molecule has 7 nitrogen and oxygen atoms in total.